The molecule has 0 aliphatic carbocycles. The van der Waals surface area contributed by atoms with E-state index in [9.17, 15) is 18.0 Å². The second-order valence-corrected chi connectivity index (χ2v) is 4.03. The summed E-state index contributed by atoms with van der Waals surface area (Å²) < 4.78 is 39.4. The molecule has 0 aliphatic rings. The van der Waals surface area contributed by atoms with Crippen molar-refractivity contribution in [2.45, 2.75) is 6.30 Å². The van der Waals surface area contributed by atoms with Crippen LogP contribution >= 0.6 is 0 Å². The number of hydrogen-bond acceptors (Lipinski definition) is 2. The van der Waals surface area contributed by atoms with Crippen LogP contribution in [0.15, 0.2) is 54.6 Å². The molecular formula is C14H11F3N2O. The summed E-state index contributed by atoms with van der Waals surface area (Å²) in [6.07, 6.45) is -4.83. The number of halogens is 3. The van der Waals surface area contributed by atoms with E-state index in [0.29, 0.717) is 0 Å². The van der Waals surface area contributed by atoms with Gasteiger partial charge in [0.2, 0.25) is 0 Å². The van der Waals surface area contributed by atoms with Gasteiger partial charge in [0.15, 0.2) is 0 Å². The molecule has 6 heteroatoms. The highest BCUT2D eigenvalue weighted by Gasteiger charge is 2.42. The molecule has 0 atom stereocenters. The minimum atomic E-state index is -4.83. The highest BCUT2D eigenvalue weighted by Crippen LogP contribution is 2.31. The van der Waals surface area contributed by atoms with Gasteiger partial charge in [0.05, 0.1) is 11.3 Å². The molecule has 0 unspecified atom stereocenters. The first-order valence-corrected chi connectivity index (χ1v) is 5.72. The number of anilines is 2. The van der Waals surface area contributed by atoms with Gasteiger partial charge in [0.25, 0.3) is 5.91 Å². The fourth-order valence-electron chi connectivity index (χ4n) is 1.77. The maximum Gasteiger partial charge on any atom is 0.491 e. The van der Waals surface area contributed by atoms with Crippen LogP contribution in [0.1, 0.15) is 10.4 Å². The van der Waals surface area contributed by atoms with E-state index in [1.807, 2.05) is 0 Å². The Bertz CT molecular complexity index is 611. The summed E-state index contributed by atoms with van der Waals surface area (Å²) in [4.78, 5) is 11.9. The summed E-state index contributed by atoms with van der Waals surface area (Å²) >= 11 is 0. The van der Waals surface area contributed by atoms with Crippen LogP contribution in [0.2, 0.25) is 0 Å². The van der Waals surface area contributed by atoms with Crippen molar-refractivity contribution in [3.05, 3.63) is 60.2 Å². The van der Waals surface area contributed by atoms with Crippen molar-refractivity contribution in [1.82, 2.24) is 0 Å². The number of carbonyl (C=O) groups excluding carboxylic acids is 1. The average Bonchev–Trinajstić information content (AvgIpc) is 2.39. The maximum absolute atomic E-state index is 13.1. The molecule has 2 aromatic carbocycles. The lowest BCUT2D eigenvalue weighted by Crippen LogP contribution is -2.43. The highest BCUT2D eigenvalue weighted by atomic mass is 19.4. The lowest BCUT2D eigenvalue weighted by molar-refractivity contribution is -0.122. The van der Waals surface area contributed by atoms with Gasteiger partial charge in [-0.05, 0) is 24.3 Å². The van der Waals surface area contributed by atoms with Crippen LogP contribution < -0.4 is 10.6 Å². The van der Waals surface area contributed by atoms with Gasteiger partial charge in [-0.3, -0.25) is 4.79 Å². The van der Waals surface area contributed by atoms with Gasteiger partial charge in [-0.15, -0.1) is 13.2 Å². The third kappa shape index (κ3) is 2.74. The van der Waals surface area contributed by atoms with Gasteiger partial charge < -0.3 is 5.73 Å². The smallest absolute Gasteiger partial charge is 0.398 e. The molecule has 0 heterocycles. The summed E-state index contributed by atoms with van der Waals surface area (Å²) in [5, 5.41) is 0. The van der Waals surface area contributed by atoms with Gasteiger partial charge in [0.1, 0.15) is 0 Å². The van der Waals surface area contributed by atoms with Crippen LogP contribution in [-0.2, 0) is 0 Å². The van der Waals surface area contributed by atoms with E-state index in [1.54, 1.807) is 12.1 Å². The van der Waals surface area contributed by atoms with Gasteiger partial charge in [-0.1, -0.05) is 30.3 Å². The Morgan fingerprint density at radius 1 is 0.950 bits per heavy atom. The van der Waals surface area contributed by atoms with E-state index < -0.39 is 12.2 Å². The van der Waals surface area contributed by atoms with E-state index in [0.717, 1.165) is 0 Å². The molecule has 2 N–H and O–H groups in total. The monoisotopic (exact) mass is 280 g/mol. The van der Waals surface area contributed by atoms with Gasteiger partial charge in [-0.25, -0.2) is 4.90 Å². The predicted molar refractivity (Wildman–Crippen MR) is 70.2 cm³/mol. The minimum absolute atomic E-state index is 0.00248. The fraction of sp³-hybridized carbons (Fsp3) is 0.0714. The van der Waals surface area contributed by atoms with Gasteiger partial charge in [-0.2, -0.15) is 0 Å². The van der Waals surface area contributed by atoms with E-state index >= 15 is 0 Å². The molecule has 3 nitrogen and oxygen atoms in total. The van der Waals surface area contributed by atoms with Crippen LogP contribution in [0, 0.1) is 0 Å². The normalized spacial score (nSPS) is 11.2. The Hall–Kier alpha value is -2.50. The van der Waals surface area contributed by atoms with Crippen molar-refractivity contribution in [2.24, 2.45) is 0 Å². The second kappa shape index (κ2) is 5.24. The van der Waals surface area contributed by atoms with Crippen molar-refractivity contribution in [3.63, 3.8) is 0 Å². The molecule has 20 heavy (non-hydrogen) atoms. The van der Waals surface area contributed by atoms with E-state index in [2.05, 4.69) is 0 Å². The maximum atomic E-state index is 13.1. The van der Waals surface area contributed by atoms with E-state index in [1.165, 1.54) is 42.5 Å². The molecule has 2 aromatic rings. The Morgan fingerprint density at radius 2 is 1.50 bits per heavy atom. The summed E-state index contributed by atoms with van der Waals surface area (Å²) in [6.45, 7) is 0. The van der Waals surface area contributed by atoms with Crippen LogP contribution in [0.25, 0.3) is 0 Å². The van der Waals surface area contributed by atoms with Crippen molar-refractivity contribution >= 4 is 17.3 Å². The van der Waals surface area contributed by atoms with E-state index in [4.69, 9.17) is 5.73 Å². The second-order valence-electron chi connectivity index (χ2n) is 4.03. The SMILES string of the molecule is Nc1ccccc1C(=O)N(c1ccccc1)C(F)(F)F. The van der Waals surface area contributed by atoms with Crippen LogP contribution in [0.4, 0.5) is 24.5 Å². The number of rotatable bonds is 2. The Morgan fingerprint density at radius 3 is 2.05 bits per heavy atom. The molecular weight excluding hydrogens is 269 g/mol. The zero-order chi connectivity index (χ0) is 14.8. The molecule has 0 bridgehead atoms. The molecule has 0 aliphatic heterocycles. The average molecular weight is 280 g/mol. The summed E-state index contributed by atoms with van der Waals surface area (Å²) in [6, 6.07) is 12.5. The molecule has 1 amide bonds. The Balaban J connectivity index is 2.49. The number of nitrogens with two attached hydrogens (primary N) is 1. The minimum Gasteiger partial charge on any atom is -0.398 e. The zero-order valence-electron chi connectivity index (χ0n) is 10.3. The molecule has 104 valence electrons. The fourth-order valence-corrected chi connectivity index (χ4v) is 1.77. The highest BCUT2D eigenvalue weighted by molar-refractivity contribution is 6.09. The van der Waals surface area contributed by atoms with Gasteiger partial charge >= 0.3 is 6.30 Å². The van der Waals surface area contributed by atoms with E-state index in [-0.39, 0.29) is 21.8 Å². The number of hydrogen-bond donors (Lipinski definition) is 1. The number of nitrogens with zero attached hydrogens (tertiary/aromatic N) is 1. The van der Waals surface area contributed by atoms with Gasteiger partial charge in [0, 0.05) is 5.69 Å². The van der Waals surface area contributed by atoms with Crippen LogP contribution in [0.5, 0.6) is 0 Å². The van der Waals surface area contributed by atoms with Crippen molar-refractivity contribution in [1.29, 1.82) is 0 Å². The number of alkyl halides is 3. The zero-order valence-corrected chi connectivity index (χ0v) is 10.3. The molecule has 0 aromatic heterocycles. The molecule has 0 saturated heterocycles. The topological polar surface area (TPSA) is 46.3 Å². The first kappa shape index (κ1) is 13.9. The van der Waals surface area contributed by atoms with Crippen LogP contribution in [0.3, 0.4) is 0 Å². The molecule has 0 spiro atoms. The molecule has 2 rings (SSSR count). The summed E-state index contributed by atoms with van der Waals surface area (Å²) in [5.74, 6) is -1.21. The molecule has 0 radical (unpaired) electrons. The largest absolute Gasteiger partial charge is 0.491 e. The molecule has 0 fully saturated rings. The lowest BCUT2D eigenvalue weighted by Gasteiger charge is -2.25. The quantitative estimate of drug-likeness (QED) is 0.676. The molecule has 0 saturated carbocycles. The predicted octanol–water partition coefficient (Wildman–Crippen LogP) is 3.44. The standard InChI is InChI=1S/C14H11F3N2O/c15-14(16,17)19(10-6-2-1-3-7-10)13(20)11-8-4-5-9-12(11)18/h1-9H,18H2. The van der Waals surface area contributed by atoms with Crippen LogP contribution in [-0.4, -0.2) is 12.2 Å². The number of benzene rings is 2. The lowest BCUT2D eigenvalue weighted by atomic mass is 10.1. The summed E-state index contributed by atoms with van der Waals surface area (Å²) in [5.41, 5.74) is 5.13. The summed E-state index contributed by atoms with van der Waals surface area (Å²) in [7, 11) is 0. The Labute approximate surface area is 113 Å². The number of amides is 1. The number of carbonyl (C=O) groups is 1. The number of nitrogen functional groups attached to an aromatic ring is 1. The Kier molecular flexibility index (Phi) is 3.65. The number of para-hydroxylation sites is 2. The third-order valence-electron chi connectivity index (χ3n) is 2.66. The van der Waals surface area contributed by atoms with Crippen molar-refractivity contribution < 1.29 is 18.0 Å². The third-order valence-corrected chi connectivity index (χ3v) is 2.66. The van der Waals surface area contributed by atoms with Crippen molar-refractivity contribution in [2.75, 3.05) is 10.6 Å². The van der Waals surface area contributed by atoms with Crippen molar-refractivity contribution in [3.8, 4) is 0 Å². The first-order valence-electron chi connectivity index (χ1n) is 5.72. The first-order chi connectivity index (χ1) is 9.41.